The van der Waals surface area contributed by atoms with Crippen LogP contribution in [0.2, 0.25) is 5.02 Å². The van der Waals surface area contributed by atoms with Crippen LogP contribution in [-0.2, 0) is 11.3 Å². The molecule has 2 aromatic heterocycles. The fraction of sp³-hybridized carbons (Fsp3) is 0.250. The third-order valence-electron chi connectivity index (χ3n) is 4.38. The fourth-order valence-electron chi connectivity index (χ4n) is 2.92. The lowest BCUT2D eigenvalue weighted by molar-refractivity contribution is -0.114. The van der Waals surface area contributed by atoms with Gasteiger partial charge >= 0.3 is 0 Å². The van der Waals surface area contributed by atoms with Gasteiger partial charge in [0.25, 0.3) is 5.91 Å². The van der Waals surface area contributed by atoms with Gasteiger partial charge in [-0.05, 0) is 31.0 Å². The molecule has 0 unspecified atom stereocenters. The molecule has 8 heteroatoms. The lowest BCUT2D eigenvalue weighted by Crippen LogP contribution is -2.32. The van der Waals surface area contributed by atoms with Gasteiger partial charge in [0, 0.05) is 38.7 Å². The third-order valence-corrected chi connectivity index (χ3v) is 6.57. The SMILES string of the molecule is CC(=O)Nc1nc(C(=O)N(Cc2ccc(-c3ccccc3Cl)s2)C2CC2)cs1. The van der Waals surface area contributed by atoms with Gasteiger partial charge in [-0.2, -0.15) is 0 Å². The van der Waals surface area contributed by atoms with Crippen molar-refractivity contribution in [2.75, 3.05) is 5.32 Å². The molecule has 0 saturated heterocycles. The number of benzene rings is 1. The van der Waals surface area contributed by atoms with E-state index in [1.54, 1.807) is 16.7 Å². The molecule has 1 aromatic carbocycles. The van der Waals surface area contributed by atoms with Gasteiger partial charge in [-0.25, -0.2) is 4.98 Å². The number of amides is 2. The monoisotopic (exact) mass is 431 g/mol. The van der Waals surface area contributed by atoms with Crippen LogP contribution >= 0.6 is 34.3 Å². The zero-order valence-corrected chi connectivity index (χ0v) is 17.5. The Morgan fingerprint density at radius 2 is 2.04 bits per heavy atom. The Morgan fingerprint density at radius 1 is 1.25 bits per heavy atom. The Hall–Kier alpha value is -2.22. The smallest absolute Gasteiger partial charge is 0.273 e. The molecule has 144 valence electrons. The van der Waals surface area contributed by atoms with E-state index in [4.69, 9.17) is 11.6 Å². The molecule has 0 bridgehead atoms. The summed E-state index contributed by atoms with van der Waals surface area (Å²) in [5.74, 6) is -0.291. The zero-order valence-electron chi connectivity index (χ0n) is 15.1. The minimum absolute atomic E-state index is 0.0944. The Morgan fingerprint density at radius 3 is 2.75 bits per heavy atom. The second-order valence-corrected chi connectivity index (χ2v) is 9.06. The Bertz CT molecular complexity index is 1030. The number of nitrogens with zero attached hydrogens (tertiary/aromatic N) is 2. The molecule has 2 heterocycles. The summed E-state index contributed by atoms with van der Waals surface area (Å²) in [5.41, 5.74) is 1.38. The van der Waals surface area contributed by atoms with E-state index in [0.717, 1.165) is 33.2 Å². The highest BCUT2D eigenvalue weighted by atomic mass is 35.5. The molecule has 1 aliphatic carbocycles. The first kappa shape index (κ1) is 19.1. The quantitative estimate of drug-likeness (QED) is 0.576. The number of carbonyl (C=O) groups excluding carboxylic acids is 2. The van der Waals surface area contributed by atoms with E-state index in [0.29, 0.717) is 17.4 Å². The van der Waals surface area contributed by atoms with Gasteiger partial charge in [0.15, 0.2) is 5.13 Å². The van der Waals surface area contributed by atoms with Crippen LogP contribution in [0.25, 0.3) is 10.4 Å². The predicted octanol–water partition coefficient (Wildman–Crippen LogP) is 5.29. The average molecular weight is 432 g/mol. The molecule has 5 nitrogen and oxygen atoms in total. The fourth-order valence-corrected chi connectivity index (χ4v) is 4.99. The molecular weight excluding hydrogens is 414 g/mol. The number of aromatic nitrogens is 1. The summed E-state index contributed by atoms with van der Waals surface area (Å²) >= 11 is 9.22. The summed E-state index contributed by atoms with van der Waals surface area (Å²) in [6.45, 7) is 1.97. The summed E-state index contributed by atoms with van der Waals surface area (Å²) in [7, 11) is 0. The topological polar surface area (TPSA) is 62.3 Å². The minimum Gasteiger partial charge on any atom is -0.329 e. The number of halogens is 1. The van der Waals surface area contributed by atoms with Gasteiger partial charge in [0.1, 0.15) is 5.69 Å². The molecule has 1 saturated carbocycles. The van der Waals surface area contributed by atoms with Crippen molar-refractivity contribution in [2.45, 2.75) is 32.4 Å². The first-order valence-corrected chi connectivity index (χ1v) is 11.0. The van der Waals surface area contributed by atoms with Crippen LogP contribution in [0.1, 0.15) is 35.1 Å². The van der Waals surface area contributed by atoms with E-state index < -0.39 is 0 Å². The van der Waals surface area contributed by atoms with Crippen LogP contribution in [-0.4, -0.2) is 27.7 Å². The van der Waals surface area contributed by atoms with E-state index in [-0.39, 0.29) is 17.9 Å². The van der Waals surface area contributed by atoms with Crippen molar-refractivity contribution in [1.29, 1.82) is 0 Å². The normalized spacial score (nSPS) is 13.4. The molecule has 1 aliphatic rings. The van der Waals surface area contributed by atoms with E-state index in [1.807, 2.05) is 29.2 Å². The zero-order chi connectivity index (χ0) is 19.7. The summed E-state index contributed by atoms with van der Waals surface area (Å²) in [4.78, 5) is 32.5. The molecule has 1 fully saturated rings. The summed E-state index contributed by atoms with van der Waals surface area (Å²) in [6.07, 6.45) is 2.02. The van der Waals surface area contributed by atoms with E-state index in [1.165, 1.54) is 18.3 Å². The van der Waals surface area contributed by atoms with Gasteiger partial charge in [-0.3, -0.25) is 9.59 Å². The molecule has 0 aliphatic heterocycles. The second kappa shape index (κ2) is 8.03. The van der Waals surface area contributed by atoms with Gasteiger partial charge < -0.3 is 10.2 Å². The van der Waals surface area contributed by atoms with Crippen molar-refractivity contribution in [1.82, 2.24) is 9.88 Å². The lowest BCUT2D eigenvalue weighted by Gasteiger charge is -2.20. The molecule has 3 aromatic rings. The van der Waals surface area contributed by atoms with Crippen LogP contribution in [0.4, 0.5) is 5.13 Å². The van der Waals surface area contributed by atoms with Crippen molar-refractivity contribution in [3.05, 3.63) is 57.4 Å². The maximum Gasteiger partial charge on any atom is 0.273 e. The molecule has 0 spiro atoms. The molecule has 4 rings (SSSR count). The maximum absolute atomic E-state index is 13.0. The van der Waals surface area contributed by atoms with Gasteiger partial charge in [-0.1, -0.05) is 29.8 Å². The van der Waals surface area contributed by atoms with E-state index in [2.05, 4.69) is 22.4 Å². The van der Waals surface area contributed by atoms with Crippen molar-refractivity contribution in [2.24, 2.45) is 0 Å². The summed E-state index contributed by atoms with van der Waals surface area (Å²) < 4.78 is 0. The Kier molecular flexibility index (Phi) is 5.48. The van der Waals surface area contributed by atoms with E-state index in [9.17, 15) is 9.59 Å². The first-order valence-electron chi connectivity index (χ1n) is 8.89. The van der Waals surface area contributed by atoms with Crippen LogP contribution in [0.15, 0.2) is 41.8 Å². The second-order valence-electron chi connectivity index (χ2n) is 6.63. The number of anilines is 1. The first-order chi connectivity index (χ1) is 13.5. The highest BCUT2D eigenvalue weighted by molar-refractivity contribution is 7.15. The van der Waals surface area contributed by atoms with Gasteiger partial charge in [0.2, 0.25) is 5.91 Å². The number of hydrogen-bond donors (Lipinski definition) is 1. The molecule has 1 N–H and O–H groups in total. The Labute approximate surface area is 176 Å². The van der Waals surface area contributed by atoms with Crippen LogP contribution in [0.5, 0.6) is 0 Å². The highest BCUT2D eigenvalue weighted by Crippen LogP contribution is 2.36. The molecule has 2 amide bonds. The number of thiophene rings is 1. The number of rotatable bonds is 6. The molecule has 0 atom stereocenters. The average Bonchev–Trinajstić information content (AvgIpc) is 3.22. The van der Waals surface area contributed by atoms with Crippen LogP contribution in [0.3, 0.4) is 0 Å². The lowest BCUT2D eigenvalue weighted by atomic mass is 10.2. The van der Waals surface area contributed by atoms with Crippen molar-refractivity contribution in [3.8, 4) is 10.4 Å². The van der Waals surface area contributed by atoms with Crippen LogP contribution in [0, 0.1) is 0 Å². The largest absolute Gasteiger partial charge is 0.329 e. The number of nitrogens with one attached hydrogen (secondary N) is 1. The van der Waals surface area contributed by atoms with Crippen molar-refractivity contribution in [3.63, 3.8) is 0 Å². The highest BCUT2D eigenvalue weighted by Gasteiger charge is 2.34. The number of thiazole rings is 1. The van der Waals surface area contributed by atoms with Crippen molar-refractivity contribution < 1.29 is 9.59 Å². The van der Waals surface area contributed by atoms with E-state index >= 15 is 0 Å². The van der Waals surface area contributed by atoms with Gasteiger partial charge in [-0.15, -0.1) is 22.7 Å². The molecule has 28 heavy (non-hydrogen) atoms. The minimum atomic E-state index is -0.196. The predicted molar refractivity (Wildman–Crippen MR) is 114 cm³/mol. The Balaban J connectivity index is 1.52. The number of carbonyl (C=O) groups is 2. The summed E-state index contributed by atoms with van der Waals surface area (Å²) in [5, 5.41) is 5.50. The third kappa shape index (κ3) is 4.27. The standard InChI is InChI=1S/C20H18ClN3O2S2/c1-12(25)22-20-23-17(11-27-20)19(26)24(13-6-7-13)10-14-8-9-18(28-14)15-4-2-3-5-16(15)21/h2-5,8-9,11,13H,6-7,10H2,1H3,(H,22,23,25). The molecule has 0 radical (unpaired) electrons. The summed E-state index contributed by atoms with van der Waals surface area (Å²) in [6, 6.07) is 12.1. The maximum atomic E-state index is 13.0. The number of hydrogen-bond acceptors (Lipinski definition) is 5. The molecular formula is C20H18ClN3O2S2. The van der Waals surface area contributed by atoms with Crippen molar-refractivity contribution >= 4 is 51.2 Å². The van der Waals surface area contributed by atoms with Gasteiger partial charge in [0.05, 0.1) is 6.54 Å². The van der Waals surface area contributed by atoms with Crippen LogP contribution < -0.4 is 5.32 Å².